The highest BCUT2D eigenvalue weighted by Gasteiger charge is 2.35. The molecule has 1 aliphatic rings. The van der Waals surface area contributed by atoms with E-state index in [9.17, 15) is 14.7 Å². The molecule has 1 rings (SSSR count). The zero-order valence-electron chi connectivity index (χ0n) is 13.0. The number of nitrogens with one attached hydrogen (secondary N) is 1. The molecular weight excluding hydrogens is 260 g/mol. The number of aliphatic carboxylic acids is 1. The molecule has 2 amide bonds. The molecule has 6 heteroatoms. The van der Waals surface area contributed by atoms with Crippen molar-refractivity contribution in [3.05, 3.63) is 0 Å². The molecule has 3 unspecified atom stereocenters. The zero-order chi connectivity index (χ0) is 15.5. The summed E-state index contributed by atoms with van der Waals surface area (Å²) in [5, 5.41) is 11.9. The minimum absolute atomic E-state index is 0.00687. The van der Waals surface area contributed by atoms with Crippen molar-refractivity contribution in [2.24, 2.45) is 11.3 Å². The molecule has 1 saturated heterocycles. The Morgan fingerprint density at radius 3 is 2.45 bits per heavy atom. The second-order valence-corrected chi connectivity index (χ2v) is 6.57. The summed E-state index contributed by atoms with van der Waals surface area (Å²) in [6.07, 6.45) is 0.867. The normalized spacial score (nSPS) is 25.1. The Balaban J connectivity index is 2.68. The fourth-order valence-electron chi connectivity index (χ4n) is 2.39. The third-order valence-corrected chi connectivity index (χ3v) is 3.86. The molecule has 2 N–H and O–H groups in total. The first-order valence-electron chi connectivity index (χ1n) is 6.98. The zero-order valence-corrected chi connectivity index (χ0v) is 13.0. The predicted molar refractivity (Wildman–Crippen MR) is 75.6 cm³/mol. The number of ether oxygens (including phenoxy) is 1. The van der Waals surface area contributed by atoms with Gasteiger partial charge in [0.25, 0.3) is 0 Å². The molecule has 6 nitrogen and oxygen atoms in total. The van der Waals surface area contributed by atoms with Gasteiger partial charge in [-0.15, -0.1) is 0 Å². The number of hydrogen-bond donors (Lipinski definition) is 2. The fraction of sp³-hybridized carbons (Fsp3) is 0.857. The Bertz CT molecular complexity index is 365. The monoisotopic (exact) mass is 286 g/mol. The van der Waals surface area contributed by atoms with Crippen molar-refractivity contribution in [2.45, 2.75) is 46.3 Å². The minimum atomic E-state index is -1.01. The summed E-state index contributed by atoms with van der Waals surface area (Å²) in [6, 6.07) is -1.24. The number of hydrogen-bond acceptors (Lipinski definition) is 3. The molecule has 3 atom stereocenters. The van der Waals surface area contributed by atoms with Crippen LogP contribution in [0.15, 0.2) is 0 Å². The SMILES string of the molecule is COC1CN(C(=O)NC(C(=O)O)C(C)(C)C)CCC1C. The van der Waals surface area contributed by atoms with Gasteiger partial charge in [0.1, 0.15) is 6.04 Å². The van der Waals surface area contributed by atoms with Gasteiger partial charge in [0.05, 0.1) is 6.10 Å². The number of likely N-dealkylation sites (tertiary alicyclic amines) is 1. The Morgan fingerprint density at radius 2 is 2.00 bits per heavy atom. The number of methoxy groups -OCH3 is 1. The summed E-state index contributed by atoms with van der Waals surface area (Å²) < 4.78 is 5.37. The van der Waals surface area contributed by atoms with Crippen LogP contribution >= 0.6 is 0 Å². The maximum atomic E-state index is 12.2. The van der Waals surface area contributed by atoms with Crippen LogP contribution in [0.1, 0.15) is 34.1 Å². The lowest BCUT2D eigenvalue weighted by atomic mass is 9.87. The van der Waals surface area contributed by atoms with Crippen LogP contribution in [-0.2, 0) is 9.53 Å². The van der Waals surface area contributed by atoms with Gasteiger partial charge in [-0.05, 0) is 17.8 Å². The summed E-state index contributed by atoms with van der Waals surface area (Å²) in [4.78, 5) is 25.1. The van der Waals surface area contributed by atoms with Gasteiger partial charge in [0, 0.05) is 20.2 Å². The second-order valence-electron chi connectivity index (χ2n) is 6.57. The lowest BCUT2D eigenvalue weighted by Crippen LogP contribution is -2.56. The summed E-state index contributed by atoms with van der Waals surface area (Å²) in [5.74, 6) is -0.610. The average molecular weight is 286 g/mol. The Labute approximate surface area is 120 Å². The number of urea groups is 1. The molecular formula is C14H26N2O4. The highest BCUT2D eigenvalue weighted by Crippen LogP contribution is 2.22. The minimum Gasteiger partial charge on any atom is -0.480 e. The van der Waals surface area contributed by atoms with Gasteiger partial charge >= 0.3 is 12.0 Å². The third kappa shape index (κ3) is 4.10. The molecule has 0 bridgehead atoms. The molecule has 1 aliphatic heterocycles. The van der Waals surface area contributed by atoms with E-state index >= 15 is 0 Å². The molecule has 0 aromatic rings. The van der Waals surface area contributed by atoms with E-state index in [2.05, 4.69) is 12.2 Å². The van der Waals surface area contributed by atoms with Crippen molar-refractivity contribution in [3.63, 3.8) is 0 Å². The van der Waals surface area contributed by atoms with Crippen molar-refractivity contribution in [1.82, 2.24) is 10.2 Å². The number of piperidine rings is 1. The summed E-state index contributed by atoms with van der Waals surface area (Å²) in [5.41, 5.74) is -0.536. The maximum Gasteiger partial charge on any atom is 0.326 e. The number of carboxylic acid groups (broad SMARTS) is 1. The standard InChI is InChI=1S/C14H26N2O4/c1-9-6-7-16(8-10(9)20-5)13(19)15-11(12(17)18)14(2,3)4/h9-11H,6-8H2,1-5H3,(H,15,19)(H,17,18). The Morgan fingerprint density at radius 1 is 1.40 bits per heavy atom. The van der Waals surface area contributed by atoms with Crippen LogP contribution in [0.4, 0.5) is 4.79 Å². The molecule has 0 saturated carbocycles. The van der Waals surface area contributed by atoms with Gasteiger partial charge < -0.3 is 20.1 Å². The van der Waals surface area contributed by atoms with Crippen molar-refractivity contribution in [1.29, 1.82) is 0 Å². The van der Waals surface area contributed by atoms with Crippen LogP contribution in [0.3, 0.4) is 0 Å². The van der Waals surface area contributed by atoms with Crippen molar-refractivity contribution >= 4 is 12.0 Å². The van der Waals surface area contributed by atoms with E-state index in [0.29, 0.717) is 19.0 Å². The van der Waals surface area contributed by atoms with Crippen molar-refractivity contribution in [3.8, 4) is 0 Å². The first-order valence-corrected chi connectivity index (χ1v) is 6.98. The summed E-state index contributed by atoms with van der Waals surface area (Å²) in [7, 11) is 1.64. The largest absolute Gasteiger partial charge is 0.480 e. The number of rotatable bonds is 3. The fourth-order valence-corrected chi connectivity index (χ4v) is 2.39. The highest BCUT2D eigenvalue weighted by molar-refractivity contribution is 5.83. The highest BCUT2D eigenvalue weighted by atomic mass is 16.5. The van der Waals surface area contributed by atoms with Gasteiger partial charge in [-0.2, -0.15) is 0 Å². The van der Waals surface area contributed by atoms with Crippen LogP contribution in [0.25, 0.3) is 0 Å². The van der Waals surface area contributed by atoms with E-state index in [4.69, 9.17) is 4.74 Å². The van der Waals surface area contributed by atoms with Crippen LogP contribution in [0, 0.1) is 11.3 Å². The molecule has 0 radical (unpaired) electrons. The van der Waals surface area contributed by atoms with Crippen LogP contribution in [-0.4, -0.2) is 54.4 Å². The number of nitrogens with zero attached hydrogens (tertiary/aromatic N) is 1. The molecule has 1 fully saturated rings. The predicted octanol–water partition coefficient (Wildman–Crippen LogP) is 1.55. The lowest BCUT2D eigenvalue weighted by Gasteiger charge is -2.37. The first kappa shape index (κ1) is 16.8. The molecule has 0 spiro atoms. The number of amides is 2. The molecule has 0 aromatic heterocycles. The first-order chi connectivity index (χ1) is 9.16. The number of carbonyl (C=O) groups is 2. The van der Waals surface area contributed by atoms with Crippen LogP contribution in [0.2, 0.25) is 0 Å². The summed E-state index contributed by atoms with van der Waals surface area (Å²) >= 11 is 0. The van der Waals surface area contributed by atoms with Gasteiger partial charge in [0.15, 0.2) is 0 Å². The van der Waals surface area contributed by atoms with Gasteiger partial charge in [0.2, 0.25) is 0 Å². The van der Waals surface area contributed by atoms with Gasteiger partial charge in [-0.25, -0.2) is 9.59 Å². The molecule has 116 valence electrons. The van der Waals surface area contributed by atoms with Crippen LogP contribution in [0.5, 0.6) is 0 Å². The van der Waals surface area contributed by atoms with E-state index in [1.165, 1.54) is 0 Å². The van der Waals surface area contributed by atoms with E-state index < -0.39 is 17.4 Å². The van der Waals surface area contributed by atoms with Gasteiger partial charge in [-0.3, -0.25) is 0 Å². The van der Waals surface area contributed by atoms with Crippen molar-refractivity contribution in [2.75, 3.05) is 20.2 Å². The van der Waals surface area contributed by atoms with E-state index in [-0.39, 0.29) is 12.1 Å². The van der Waals surface area contributed by atoms with E-state index in [1.807, 2.05) is 0 Å². The Kier molecular flexibility index (Phi) is 5.39. The molecule has 20 heavy (non-hydrogen) atoms. The smallest absolute Gasteiger partial charge is 0.326 e. The van der Waals surface area contributed by atoms with Crippen LogP contribution < -0.4 is 5.32 Å². The Hall–Kier alpha value is -1.30. The van der Waals surface area contributed by atoms with E-state index in [0.717, 1.165) is 6.42 Å². The van der Waals surface area contributed by atoms with E-state index in [1.54, 1.807) is 32.8 Å². The molecule has 0 aliphatic carbocycles. The number of carboxylic acids is 1. The second kappa shape index (κ2) is 6.43. The molecule has 0 aromatic carbocycles. The van der Waals surface area contributed by atoms with Gasteiger partial charge in [-0.1, -0.05) is 27.7 Å². The molecule has 1 heterocycles. The quantitative estimate of drug-likeness (QED) is 0.825. The third-order valence-electron chi connectivity index (χ3n) is 3.86. The topological polar surface area (TPSA) is 78.9 Å². The average Bonchev–Trinajstić information content (AvgIpc) is 2.34. The summed E-state index contributed by atoms with van der Waals surface area (Å²) in [6.45, 7) is 8.61. The lowest BCUT2D eigenvalue weighted by molar-refractivity contribution is -0.142. The maximum absolute atomic E-state index is 12.2. The number of carbonyl (C=O) groups excluding carboxylic acids is 1. The van der Waals surface area contributed by atoms with Crippen molar-refractivity contribution < 1.29 is 19.4 Å².